The summed E-state index contributed by atoms with van der Waals surface area (Å²) >= 11 is 0. The Morgan fingerprint density at radius 2 is 1.46 bits per heavy atom. The summed E-state index contributed by atoms with van der Waals surface area (Å²) in [5, 5.41) is 4.92. The van der Waals surface area contributed by atoms with E-state index in [4.69, 9.17) is 18.9 Å². The molecule has 0 saturated carbocycles. The minimum absolute atomic E-state index is 0.236. The van der Waals surface area contributed by atoms with E-state index in [1.165, 1.54) is 0 Å². The van der Waals surface area contributed by atoms with Gasteiger partial charge in [0.2, 0.25) is 11.8 Å². The molecule has 56 heavy (non-hydrogen) atoms. The topological polar surface area (TPSA) is 151 Å². The van der Waals surface area contributed by atoms with Crippen molar-refractivity contribution in [1.29, 1.82) is 0 Å². The largest absolute Gasteiger partial charge is 0.491 e. The standard InChI is InChI=1S/C42H45N7O7/c1-28-2-8-38(40(50)45-28)49-41(51)33-7-5-31(25-34(33)42(49)52)55-23-22-54-21-20-53-18-16-47-12-14-48(15-13-47)17-19-56-39-9-4-30(26-44-39)29-3-6-32-35-27-43-11-10-36(35)46-37(32)24-29/h3-7,9-11,24-27,38,46H,1-2,8,12-23H2,(H,45,50). The van der Waals surface area contributed by atoms with Crippen molar-refractivity contribution in [2.75, 3.05) is 78.9 Å². The second-order valence-electron chi connectivity index (χ2n) is 14.1. The molecule has 0 spiro atoms. The summed E-state index contributed by atoms with van der Waals surface area (Å²) in [5.74, 6) is -0.269. The first-order valence-electron chi connectivity index (χ1n) is 19.1. The Balaban J connectivity index is 0.662. The lowest BCUT2D eigenvalue weighted by Gasteiger charge is -2.34. The van der Waals surface area contributed by atoms with E-state index >= 15 is 0 Å². The molecule has 0 bridgehead atoms. The highest BCUT2D eigenvalue weighted by Crippen LogP contribution is 2.32. The number of fused-ring (bicyclic) bond motifs is 4. The van der Waals surface area contributed by atoms with Gasteiger partial charge in [0, 0.05) is 97.0 Å². The number of benzene rings is 2. The number of hydrogen-bond acceptors (Lipinski definition) is 11. The maximum absolute atomic E-state index is 13.1. The highest BCUT2D eigenvalue weighted by Gasteiger charge is 2.44. The van der Waals surface area contributed by atoms with Crippen molar-refractivity contribution < 1.29 is 33.3 Å². The molecule has 2 fully saturated rings. The van der Waals surface area contributed by atoms with Gasteiger partial charge in [-0.05, 0) is 54.8 Å². The second-order valence-corrected chi connectivity index (χ2v) is 14.1. The smallest absolute Gasteiger partial charge is 0.262 e. The fourth-order valence-corrected chi connectivity index (χ4v) is 7.43. The van der Waals surface area contributed by atoms with Gasteiger partial charge in [-0.25, -0.2) is 4.98 Å². The van der Waals surface area contributed by atoms with Crippen LogP contribution in [0, 0.1) is 0 Å². The monoisotopic (exact) mass is 759 g/mol. The number of carbonyl (C=O) groups excluding carboxylic acids is 3. The minimum atomic E-state index is -0.845. The SMILES string of the molecule is C=C1CCC(N2C(=O)c3ccc(OCCOCCOCCN4CCN(CCOc5ccc(-c6ccc7c(c6)[nH]c6ccncc67)cn5)CC4)cc3C2=O)C(=O)N1. The summed E-state index contributed by atoms with van der Waals surface area (Å²) < 4.78 is 23.2. The van der Waals surface area contributed by atoms with E-state index in [1.807, 2.05) is 24.5 Å². The number of H-pyrrole nitrogens is 1. The summed E-state index contributed by atoms with van der Waals surface area (Å²) in [4.78, 5) is 56.6. The van der Waals surface area contributed by atoms with Gasteiger partial charge in [0.25, 0.3) is 11.8 Å². The third kappa shape index (κ3) is 8.28. The lowest BCUT2D eigenvalue weighted by molar-refractivity contribution is -0.125. The molecule has 2 N–H and O–H groups in total. The summed E-state index contributed by atoms with van der Waals surface area (Å²) in [7, 11) is 0. The highest BCUT2D eigenvalue weighted by atomic mass is 16.5. The first-order valence-corrected chi connectivity index (χ1v) is 19.1. The third-order valence-electron chi connectivity index (χ3n) is 10.5. The van der Waals surface area contributed by atoms with Crippen molar-refractivity contribution in [3.8, 4) is 22.8 Å². The maximum Gasteiger partial charge on any atom is 0.262 e. The van der Waals surface area contributed by atoms with Gasteiger partial charge >= 0.3 is 0 Å². The first-order chi connectivity index (χ1) is 27.4. The highest BCUT2D eigenvalue weighted by molar-refractivity contribution is 6.23. The molecule has 3 aliphatic heterocycles. The third-order valence-corrected chi connectivity index (χ3v) is 10.5. The van der Waals surface area contributed by atoms with Crippen LogP contribution >= 0.6 is 0 Å². The Labute approximate surface area is 324 Å². The van der Waals surface area contributed by atoms with Crippen LogP contribution in [0.5, 0.6) is 11.6 Å². The number of nitrogens with zero attached hydrogens (tertiary/aromatic N) is 5. The van der Waals surface area contributed by atoms with Crippen molar-refractivity contribution in [3.63, 3.8) is 0 Å². The van der Waals surface area contributed by atoms with E-state index in [-0.39, 0.29) is 17.7 Å². The molecule has 0 radical (unpaired) electrons. The number of carbonyl (C=O) groups is 3. The predicted molar refractivity (Wildman–Crippen MR) is 210 cm³/mol. The van der Waals surface area contributed by atoms with Gasteiger partial charge in [0.1, 0.15) is 25.0 Å². The average Bonchev–Trinajstić information content (AvgIpc) is 3.71. The molecular weight excluding hydrogens is 715 g/mol. The number of pyridine rings is 2. The molecule has 14 nitrogen and oxygen atoms in total. The number of amides is 3. The lowest BCUT2D eigenvalue weighted by atomic mass is 10.0. The number of imide groups is 1. The van der Waals surface area contributed by atoms with Crippen molar-refractivity contribution >= 4 is 39.5 Å². The number of allylic oxidation sites excluding steroid dienone is 1. The summed E-state index contributed by atoms with van der Waals surface area (Å²) in [6.07, 6.45) is 6.43. The Morgan fingerprint density at radius 1 is 0.714 bits per heavy atom. The zero-order chi connectivity index (χ0) is 38.4. The Morgan fingerprint density at radius 3 is 2.25 bits per heavy atom. The van der Waals surface area contributed by atoms with Crippen molar-refractivity contribution in [3.05, 3.63) is 96.6 Å². The molecule has 6 heterocycles. The fraction of sp³-hybridized carbons (Fsp3) is 0.357. The van der Waals surface area contributed by atoms with Crippen molar-refractivity contribution in [2.45, 2.75) is 18.9 Å². The van der Waals surface area contributed by atoms with E-state index in [0.29, 0.717) is 63.2 Å². The second kappa shape index (κ2) is 17.0. The molecule has 2 saturated heterocycles. The Hall–Kier alpha value is -5.67. The van der Waals surface area contributed by atoms with Crippen LogP contribution < -0.4 is 14.8 Å². The van der Waals surface area contributed by atoms with Crippen LogP contribution in [0.4, 0.5) is 0 Å². The number of aromatic amines is 1. The molecule has 3 amide bonds. The van der Waals surface area contributed by atoms with E-state index in [9.17, 15) is 14.4 Å². The summed E-state index contributed by atoms with van der Waals surface area (Å²) in [6.45, 7) is 12.2. The van der Waals surface area contributed by atoms with Gasteiger partial charge in [-0.1, -0.05) is 18.7 Å². The van der Waals surface area contributed by atoms with Crippen molar-refractivity contribution in [1.82, 2.24) is 35.0 Å². The van der Waals surface area contributed by atoms with Gasteiger partial charge in [-0.3, -0.25) is 34.1 Å². The molecule has 2 aromatic carbocycles. The number of rotatable bonds is 16. The Bertz CT molecular complexity index is 2230. The van der Waals surface area contributed by atoms with Gasteiger partial charge < -0.3 is 29.2 Å². The molecule has 3 aliphatic rings. The quantitative estimate of drug-likeness (QED) is 0.110. The molecule has 1 atom stereocenters. The van der Waals surface area contributed by atoms with Crippen LogP contribution in [-0.2, 0) is 14.3 Å². The summed E-state index contributed by atoms with van der Waals surface area (Å²) in [5.41, 5.74) is 5.38. The first kappa shape index (κ1) is 37.3. The van der Waals surface area contributed by atoms with Crippen LogP contribution in [0.3, 0.4) is 0 Å². The van der Waals surface area contributed by atoms with Gasteiger partial charge in [0.15, 0.2) is 0 Å². The lowest BCUT2D eigenvalue weighted by Crippen LogP contribution is -2.51. The van der Waals surface area contributed by atoms with E-state index in [0.717, 1.165) is 77.1 Å². The molecule has 8 rings (SSSR count). The van der Waals surface area contributed by atoms with Crippen molar-refractivity contribution in [2.24, 2.45) is 0 Å². The van der Waals surface area contributed by atoms with E-state index < -0.39 is 23.8 Å². The number of aromatic nitrogens is 3. The molecule has 3 aromatic heterocycles. The van der Waals surface area contributed by atoms with Gasteiger partial charge in [-0.15, -0.1) is 0 Å². The zero-order valence-electron chi connectivity index (χ0n) is 31.2. The van der Waals surface area contributed by atoms with Crippen LogP contribution in [0.1, 0.15) is 33.6 Å². The molecular formula is C42H45N7O7. The molecule has 290 valence electrons. The normalized spacial score (nSPS) is 17.9. The predicted octanol–water partition coefficient (Wildman–Crippen LogP) is 4.28. The van der Waals surface area contributed by atoms with Gasteiger partial charge in [0.05, 0.1) is 37.6 Å². The van der Waals surface area contributed by atoms with Crippen LogP contribution in [-0.4, -0.2) is 132 Å². The van der Waals surface area contributed by atoms with Crippen LogP contribution in [0.25, 0.3) is 32.9 Å². The molecule has 14 heteroatoms. The van der Waals surface area contributed by atoms with E-state index in [2.05, 4.69) is 60.9 Å². The number of ether oxygens (including phenoxy) is 4. The fourth-order valence-electron chi connectivity index (χ4n) is 7.43. The minimum Gasteiger partial charge on any atom is -0.491 e. The number of hydrogen-bond donors (Lipinski definition) is 2. The number of piperazine rings is 1. The molecule has 0 aliphatic carbocycles. The van der Waals surface area contributed by atoms with Crippen LogP contribution in [0.15, 0.2) is 85.5 Å². The van der Waals surface area contributed by atoms with Gasteiger partial charge in [-0.2, -0.15) is 0 Å². The number of piperidine rings is 1. The summed E-state index contributed by atoms with van der Waals surface area (Å²) in [6, 6.07) is 16.3. The Kier molecular flexibility index (Phi) is 11.3. The van der Waals surface area contributed by atoms with E-state index in [1.54, 1.807) is 24.4 Å². The number of nitrogens with one attached hydrogen (secondary N) is 2. The maximum atomic E-state index is 13.1. The van der Waals surface area contributed by atoms with Crippen LogP contribution in [0.2, 0.25) is 0 Å². The molecule has 1 unspecified atom stereocenters. The zero-order valence-corrected chi connectivity index (χ0v) is 31.2. The molecule has 5 aromatic rings. The average molecular weight is 760 g/mol.